The molecule has 0 aliphatic carbocycles. The standard InChI is InChI=1S/C11H13F5N2O2S/c1-6(2)18(5-11(14,15)16)21(19,20)10-8(12)3-7(17)4-9(10)13/h3-4,6H,5,17H2,1-2H3. The number of hydrogen-bond acceptors (Lipinski definition) is 3. The van der Waals surface area contributed by atoms with Crippen molar-refractivity contribution >= 4 is 15.7 Å². The van der Waals surface area contributed by atoms with Gasteiger partial charge in [-0.25, -0.2) is 17.2 Å². The summed E-state index contributed by atoms with van der Waals surface area (Å²) < 4.78 is 88.9. The van der Waals surface area contributed by atoms with Crippen LogP contribution in [-0.4, -0.2) is 31.5 Å². The van der Waals surface area contributed by atoms with Crippen molar-refractivity contribution in [2.75, 3.05) is 12.3 Å². The van der Waals surface area contributed by atoms with Crippen molar-refractivity contribution in [3.8, 4) is 0 Å². The summed E-state index contributed by atoms with van der Waals surface area (Å²) in [6, 6.07) is -0.0858. The molecule has 0 fully saturated rings. The first kappa shape index (κ1) is 17.6. The van der Waals surface area contributed by atoms with E-state index in [1.165, 1.54) is 0 Å². The molecule has 0 radical (unpaired) electrons. The van der Waals surface area contributed by atoms with E-state index in [1.807, 2.05) is 0 Å². The van der Waals surface area contributed by atoms with Crippen LogP contribution in [0.5, 0.6) is 0 Å². The zero-order chi connectivity index (χ0) is 16.6. The monoisotopic (exact) mass is 332 g/mol. The molecule has 0 saturated heterocycles. The summed E-state index contributed by atoms with van der Waals surface area (Å²) in [5.74, 6) is -3.08. The fraction of sp³-hybridized carbons (Fsp3) is 0.455. The predicted molar refractivity (Wildman–Crippen MR) is 65.9 cm³/mol. The van der Waals surface area contributed by atoms with E-state index in [4.69, 9.17) is 5.73 Å². The van der Waals surface area contributed by atoms with Crippen LogP contribution in [-0.2, 0) is 10.0 Å². The van der Waals surface area contributed by atoms with Gasteiger partial charge in [0, 0.05) is 11.7 Å². The summed E-state index contributed by atoms with van der Waals surface area (Å²) in [6.07, 6.45) is -4.85. The van der Waals surface area contributed by atoms with Gasteiger partial charge in [-0.3, -0.25) is 0 Å². The van der Waals surface area contributed by atoms with Gasteiger partial charge in [0.25, 0.3) is 0 Å². The highest BCUT2D eigenvalue weighted by atomic mass is 32.2. The summed E-state index contributed by atoms with van der Waals surface area (Å²) in [7, 11) is -5.00. The van der Waals surface area contributed by atoms with E-state index in [-0.39, 0.29) is 9.99 Å². The second-order valence-electron chi connectivity index (χ2n) is 4.57. The molecule has 0 aliphatic rings. The predicted octanol–water partition coefficient (Wildman–Crippen LogP) is 2.51. The van der Waals surface area contributed by atoms with Gasteiger partial charge in [0.1, 0.15) is 18.2 Å². The molecule has 0 spiro atoms. The lowest BCUT2D eigenvalue weighted by molar-refractivity contribution is -0.138. The van der Waals surface area contributed by atoms with Gasteiger partial charge in [-0.15, -0.1) is 0 Å². The third-order valence-corrected chi connectivity index (χ3v) is 4.57. The van der Waals surface area contributed by atoms with Crippen molar-refractivity contribution in [3.63, 3.8) is 0 Å². The highest BCUT2D eigenvalue weighted by Gasteiger charge is 2.40. The average molecular weight is 332 g/mol. The molecular weight excluding hydrogens is 319 g/mol. The first-order valence-electron chi connectivity index (χ1n) is 5.69. The van der Waals surface area contributed by atoms with Gasteiger partial charge < -0.3 is 5.73 Å². The van der Waals surface area contributed by atoms with Crippen molar-refractivity contribution in [1.82, 2.24) is 4.31 Å². The van der Waals surface area contributed by atoms with Gasteiger partial charge in [0.2, 0.25) is 10.0 Å². The molecule has 0 aliphatic heterocycles. The molecule has 1 rings (SSSR count). The van der Waals surface area contributed by atoms with Crippen LogP contribution in [0.2, 0.25) is 0 Å². The lowest BCUT2D eigenvalue weighted by Gasteiger charge is -2.27. The molecule has 0 unspecified atom stereocenters. The van der Waals surface area contributed by atoms with E-state index >= 15 is 0 Å². The molecule has 0 bridgehead atoms. The zero-order valence-corrected chi connectivity index (χ0v) is 11.9. The Morgan fingerprint density at radius 2 is 1.62 bits per heavy atom. The van der Waals surface area contributed by atoms with Crippen LogP contribution in [0, 0.1) is 11.6 Å². The van der Waals surface area contributed by atoms with Crippen LogP contribution < -0.4 is 5.73 Å². The Balaban J connectivity index is 3.44. The van der Waals surface area contributed by atoms with Gasteiger partial charge in [-0.05, 0) is 26.0 Å². The Morgan fingerprint density at radius 1 is 1.19 bits per heavy atom. The number of rotatable bonds is 4. The van der Waals surface area contributed by atoms with Crippen LogP contribution in [0.4, 0.5) is 27.6 Å². The smallest absolute Gasteiger partial charge is 0.399 e. The highest BCUT2D eigenvalue weighted by Crippen LogP contribution is 2.29. The topological polar surface area (TPSA) is 63.4 Å². The number of nitrogen functional groups attached to an aromatic ring is 1. The molecule has 0 atom stereocenters. The van der Waals surface area contributed by atoms with Crippen LogP contribution in [0.15, 0.2) is 17.0 Å². The van der Waals surface area contributed by atoms with Crippen molar-refractivity contribution in [3.05, 3.63) is 23.8 Å². The molecule has 0 aromatic heterocycles. The number of alkyl halides is 3. The molecule has 0 heterocycles. The number of halogens is 5. The molecule has 120 valence electrons. The number of sulfonamides is 1. The molecule has 10 heteroatoms. The van der Waals surface area contributed by atoms with Crippen LogP contribution >= 0.6 is 0 Å². The summed E-state index contributed by atoms with van der Waals surface area (Å²) in [5, 5.41) is 0. The second-order valence-corrected chi connectivity index (χ2v) is 6.40. The molecule has 0 amide bonds. The Labute approximate surface area is 118 Å². The van der Waals surface area contributed by atoms with Gasteiger partial charge in [0.15, 0.2) is 4.90 Å². The maximum Gasteiger partial charge on any atom is 0.402 e. The fourth-order valence-corrected chi connectivity index (χ4v) is 3.38. The Morgan fingerprint density at radius 3 is 1.95 bits per heavy atom. The second kappa shape index (κ2) is 5.76. The number of nitrogens with two attached hydrogens (primary N) is 1. The zero-order valence-electron chi connectivity index (χ0n) is 11.1. The van der Waals surface area contributed by atoms with E-state index < -0.39 is 45.3 Å². The lowest BCUT2D eigenvalue weighted by atomic mass is 10.3. The van der Waals surface area contributed by atoms with Crippen molar-refractivity contribution in [2.45, 2.75) is 31.0 Å². The summed E-state index contributed by atoms with van der Waals surface area (Å²) in [4.78, 5) is -1.45. The number of benzene rings is 1. The minimum absolute atomic E-state index is 0.0231. The Hall–Kier alpha value is -1.42. The first-order chi connectivity index (χ1) is 9.36. The van der Waals surface area contributed by atoms with Crippen LogP contribution in [0.3, 0.4) is 0 Å². The molecular formula is C11H13F5N2O2S. The fourth-order valence-electron chi connectivity index (χ4n) is 1.66. The molecule has 0 saturated carbocycles. The third kappa shape index (κ3) is 4.03. The average Bonchev–Trinajstić information content (AvgIpc) is 2.21. The minimum Gasteiger partial charge on any atom is -0.399 e. The SMILES string of the molecule is CC(C)N(CC(F)(F)F)S(=O)(=O)c1c(F)cc(N)cc1F. The Bertz CT molecular complexity index is 605. The Kier molecular flexibility index (Phi) is 4.83. The van der Waals surface area contributed by atoms with Crippen molar-refractivity contribution in [2.24, 2.45) is 0 Å². The largest absolute Gasteiger partial charge is 0.402 e. The van der Waals surface area contributed by atoms with Crippen LogP contribution in [0.1, 0.15) is 13.8 Å². The van der Waals surface area contributed by atoms with E-state index in [0.29, 0.717) is 12.1 Å². The van der Waals surface area contributed by atoms with Crippen LogP contribution in [0.25, 0.3) is 0 Å². The van der Waals surface area contributed by atoms with E-state index in [9.17, 15) is 30.4 Å². The normalized spacial score (nSPS) is 13.2. The van der Waals surface area contributed by atoms with E-state index in [2.05, 4.69) is 0 Å². The lowest BCUT2D eigenvalue weighted by Crippen LogP contribution is -2.43. The maximum atomic E-state index is 13.7. The highest BCUT2D eigenvalue weighted by molar-refractivity contribution is 7.89. The van der Waals surface area contributed by atoms with Crippen molar-refractivity contribution in [1.29, 1.82) is 0 Å². The number of nitrogens with zero attached hydrogens (tertiary/aromatic N) is 1. The molecule has 21 heavy (non-hydrogen) atoms. The van der Waals surface area contributed by atoms with Gasteiger partial charge >= 0.3 is 6.18 Å². The molecule has 2 N–H and O–H groups in total. The quantitative estimate of drug-likeness (QED) is 0.681. The first-order valence-corrected chi connectivity index (χ1v) is 7.13. The third-order valence-electron chi connectivity index (χ3n) is 2.50. The number of anilines is 1. The summed E-state index contributed by atoms with van der Waals surface area (Å²) in [5.41, 5.74) is 4.76. The summed E-state index contributed by atoms with van der Waals surface area (Å²) in [6.45, 7) is 0.475. The van der Waals surface area contributed by atoms with E-state index in [0.717, 1.165) is 13.8 Å². The molecule has 1 aromatic carbocycles. The molecule has 1 aromatic rings. The van der Waals surface area contributed by atoms with Gasteiger partial charge in [-0.1, -0.05) is 0 Å². The minimum atomic E-state index is -5.00. The van der Waals surface area contributed by atoms with Gasteiger partial charge in [0.05, 0.1) is 0 Å². The summed E-state index contributed by atoms with van der Waals surface area (Å²) >= 11 is 0. The van der Waals surface area contributed by atoms with Gasteiger partial charge in [-0.2, -0.15) is 17.5 Å². The van der Waals surface area contributed by atoms with Crippen molar-refractivity contribution < 1.29 is 30.4 Å². The maximum absolute atomic E-state index is 13.7. The van der Waals surface area contributed by atoms with E-state index in [1.54, 1.807) is 0 Å². The molecule has 4 nitrogen and oxygen atoms in total. The number of hydrogen-bond donors (Lipinski definition) is 1.